The van der Waals surface area contributed by atoms with Crippen molar-refractivity contribution in [2.24, 2.45) is 0 Å². The first kappa shape index (κ1) is 15.9. The van der Waals surface area contributed by atoms with Gasteiger partial charge in [0.2, 0.25) is 5.91 Å². The van der Waals surface area contributed by atoms with E-state index in [0.717, 1.165) is 0 Å². The zero-order valence-corrected chi connectivity index (χ0v) is 12.9. The van der Waals surface area contributed by atoms with Crippen molar-refractivity contribution in [1.82, 2.24) is 4.90 Å². The van der Waals surface area contributed by atoms with Crippen molar-refractivity contribution >= 4 is 40.9 Å². The highest BCUT2D eigenvalue weighted by Gasteiger charge is 2.15. The van der Waals surface area contributed by atoms with Crippen LogP contribution in [0.4, 0.5) is 5.69 Å². The van der Waals surface area contributed by atoms with Crippen LogP contribution in [0.25, 0.3) is 0 Å². The smallest absolute Gasteiger partial charge is 0.253 e. The average molecular weight is 301 g/mol. The Labute approximate surface area is 122 Å². The molecule has 4 nitrogen and oxygen atoms in total. The molecule has 1 atom stereocenters. The molecule has 1 aromatic rings. The Morgan fingerprint density at radius 2 is 2.00 bits per heavy atom. The zero-order valence-electron chi connectivity index (χ0n) is 11.4. The highest BCUT2D eigenvalue weighted by atomic mass is 35.5. The van der Waals surface area contributed by atoms with Gasteiger partial charge in [-0.3, -0.25) is 9.59 Å². The molecule has 0 aliphatic heterocycles. The van der Waals surface area contributed by atoms with Gasteiger partial charge in [0.25, 0.3) is 5.91 Å². The maximum Gasteiger partial charge on any atom is 0.253 e. The lowest BCUT2D eigenvalue weighted by Crippen LogP contribution is -2.24. The van der Waals surface area contributed by atoms with Crippen molar-refractivity contribution in [2.45, 2.75) is 12.2 Å². The second-order valence-electron chi connectivity index (χ2n) is 4.26. The summed E-state index contributed by atoms with van der Waals surface area (Å²) < 4.78 is 0. The molecule has 104 valence electrons. The maximum atomic E-state index is 11.8. The molecule has 0 bridgehead atoms. The fraction of sp³-hybridized carbons (Fsp3) is 0.385. The van der Waals surface area contributed by atoms with Crippen LogP contribution in [0, 0.1) is 0 Å². The molecule has 0 radical (unpaired) electrons. The fourth-order valence-electron chi connectivity index (χ4n) is 1.35. The lowest BCUT2D eigenvalue weighted by Gasteiger charge is -2.14. The van der Waals surface area contributed by atoms with Crippen molar-refractivity contribution in [2.75, 3.05) is 25.7 Å². The molecule has 0 saturated carbocycles. The van der Waals surface area contributed by atoms with E-state index < -0.39 is 0 Å². The highest BCUT2D eigenvalue weighted by molar-refractivity contribution is 7.99. The van der Waals surface area contributed by atoms with Crippen LogP contribution in [0.5, 0.6) is 0 Å². The molecule has 1 aromatic carbocycles. The van der Waals surface area contributed by atoms with Gasteiger partial charge in [-0.25, -0.2) is 0 Å². The Hall–Kier alpha value is -1.20. The molecular formula is C13H17ClN2O2S. The third-order valence-electron chi connectivity index (χ3n) is 2.60. The number of anilines is 1. The van der Waals surface area contributed by atoms with Crippen LogP contribution >= 0.6 is 23.4 Å². The summed E-state index contributed by atoms with van der Waals surface area (Å²) in [6.45, 7) is 1.81. The molecule has 2 amide bonds. The van der Waals surface area contributed by atoms with Crippen molar-refractivity contribution in [3.63, 3.8) is 0 Å². The molecule has 6 heteroatoms. The third kappa shape index (κ3) is 4.14. The van der Waals surface area contributed by atoms with E-state index in [1.807, 2.05) is 13.2 Å². The van der Waals surface area contributed by atoms with Gasteiger partial charge in [0.15, 0.2) is 0 Å². The average Bonchev–Trinajstić information content (AvgIpc) is 2.39. The van der Waals surface area contributed by atoms with E-state index in [-0.39, 0.29) is 17.1 Å². The SMILES string of the molecule is CS[C@@H](C)C(=O)Nc1cc(C(=O)N(C)C)ccc1Cl. The van der Waals surface area contributed by atoms with Crippen LogP contribution in [0.2, 0.25) is 5.02 Å². The molecule has 0 aliphatic rings. The van der Waals surface area contributed by atoms with Crippen LogP contribution in [0.1, 0.15) is 17.3 Å². The summed E-state index contributed by atoms with van der Waals surface area (Å²) in [5.74, 6) is -0.270. The molecule has 0 saturated heterocycles. The Kier molecular flexibility index (Phi) is 5.69. The van der Waals surface area contributed by atoms with E-state index in [4.69, 9.17) is 11.6 Å². The predicted molar refractivity (Wildman–Crippen MR) is 81.1 cm³/mol. The van der Waals surface area contributed by atoms with Crippen molar-refractivity contribution in [3.05, 3.63) is 28.8 Å². The first-order chi connectivity index (χ1) is 8.86. The first-order valence-corrected chi connectivity index (χ1v) is 7.38. The van der Waals surface area contributed by atoms with E-state index in [9.17, 15) is 9.59 Å². The number of nitrogens with zero attached hydrogens (tertiary/aromatic N) is 1. The molecule has 1 rings (SSSR count). The maximum absolute atomic E-state index is 11.8. The summed E-state index contributed by atoms with van der Waals surface area (Å²) in [6, 6.07) is 4.84. The topological polar surface area (TPSA) is 49.4 Å². The second-order valence-corrected chi connectivity index (χ2v) is 5.85. The van der Waals surface area contributed by atoms with Gasteiger partial charge in [-0.15, -0.1) is 0 Å². The number of hydrogen-bond acceptors (Lipinski definition) is 3. The number of nitrogens with one attached hydrogen (secondary N) is 1. The minimum Gasteiger partial charge on any atom is -0.345 e. The van der Waals surface area contributed by atoms with E-state index in [1.54, 1.807) is 32.3 Å². The molecule has 0 spiro atoms. The predicted octanol–water partition coefficient (Wildman–Crippen LogP) is 2.73. The molecule has 19 heavy (non-hydrogen) atoms. The Bertz CT molecular complexity index is 492. The van der Waals surface area contributed by atoms with E-state index in [1.165, 1.54) is 16.7 Å². The molecular weight excluding hydrogens is 284 g/mol. The minimum atomic E-state index is -0.177. The number of hydrogen-bond donors (Lipinski definition) is 1. The van der Waals surface area contributed by atoms with Gasteiger partial charge in [0, 0.05) is 19.7 Å². The van der Waals surface area contributed by atoms with Gasteiger partial charge in [0.05, 0.1) is 16.0 Å². The van der Waals surface area contributed by atoms with Gasteiger partial charge in [-0.1, -0.05) is 11.6 Å². The standard InChI is InChI=1S/C13H17ClN2O2S/c1-8(19-4)12(17)15-11-7-9(5-6-10(11)14)13(18)16(2)3/h5-8H,1-4H3,(H,15,17)/t8-/m0/s1. The molecule has 1 N–H and O–H groups in total. The Balaban J connectivity index is 2.98. The number of benzene rings is 1. The van der Waals surface area contributed by atoms with Crippen LogP contribution in [0.3, 0.4) is 0 Å². The summed E-state index contributed by atoms with van der Waals surface area (Å²) in [6.07, 6.45) is 1.86. The van der Waals surface area contributed by atoms with Gasteiger partial charge >= 0.3 is 0 Å². The lowest BCUT2D eigenvalue weighted by atomic mass is 10.1. The largest absolute Gasteiger partial charge is 0.345 e. The second kappa shape index (κ2) is 6.82. The fourth-order valence-corrected chi connectivity index (χ4v) is 1.79. The number of carbonyl (C=O) groups excluding carboxylic acids is 2. The quantitative estimate of drug-likeness (QED) is 0.930. The first-order valence-electron chi connectivity index (χ1n) is 5.71. The summed E-state index contributed by atoms with van der Waals surface area (Å²) >= 11 is 7.47. The molecule has 0 fully saturated rings. The third-order valence-corrected chi connectivity index (χ3v) is 3.85. The highest BCUT2D eigenvalue weighted by Crippen LogP contribution is 2.24. The number of rotatable bonds is 4. The van der Waals surface area contributed by atoms with Gasteiger partial charge < -0.3 is 10.2 Å². The number of carbonyl (C=O) groups is 2. The van der Waals surface area contributed by atoms with Crippen molar-refractivity contribution in [1.29, 1.82) is 0 Å². The van der Waals surface area contributed by atoms with Gasteiger partial charge in [0.1, 0.15) is 0 Å². The van der Waals surface area contributed by atoms with E-state index in [2.05, 4.69) is 5.32 Å². The normalized spacial score (nSPS) is 11.8. The summed E-state index contributed by atoms with van der Waals surface area (Å²) in [5, 5.41) is 2.97. The Morgan fingerprint density at radius 1 is 1.37 bits per heavy atom. The molecule has 0 aliphatic carbocycles. The zero-order chi connectivity index (χ0) is 14.6. The van der Waals surface area contributed by atoms with Crippen molar-refractivity contribution < 1.29 is 9.59 Å². The van der Waals surface area contributed by atoms with Crippen LogP contribution in [-0.2, 0) is 4.79 Å². The number of thioether (sulfide) groups is 1. The molecule has 0 aromatic heterocycles. The monoisotopic (exact) mass is 300 g/mol. The van der Waals surface area contributed by atoms with Crippen molar-refractivity contribution in [3.8, 4) is 0 Å². The summed E-state index contributed by atoms with van der Waals surface area (Å²) in [5.41, 5.74) is 0.946. The molecule has 0 heterocycles. The number of amides is 2. The number of halogens is 1. The Morgan fingerprint density at radius 3 is 2.53 bits per heavy atom. The van der Waals surface area contributed by atoms with Gasteiger partial charge in [-0.05, 0) is 31.4 Å². The summed E-state index contributed by atoms with van der Waals surface area (Å²) in [7, 11) is 3.34. The van der Waals surface area contributed by atoms with Crippen LogP contribution < -0.4 is 5.32 Å². The minimum absolute atomic E-state index is 0.134. The van der Waals surface area contributed by atoms with Gasteiger partial charge in [-0.2, -0.15) is 11.8 Å². The lowest BCUT2D eigenvalue weighted by molar-refractivity contribution is -0.115. The van der Waals surface area contributed by atoms with Crippen LogP contribution in [0.15, 0.2) is 18.2 Å². The summed E-state index contributed by atoms with van der Waals surface area (Å²) in [4.78, 5) is 25.1. The molecule has 0 unspecified atom stereocenters. The van der Waals surface area contributed by atoms with E-state index >= 15 is 0 Å². The van der Waals surface area contributed by atoms with Crippen LogP contribution in [-0.4, -0.2) is 42.3 Å². The van der Waals surface area contributed by atoms with E-state index in [0.29, 0.717) is 16.3 Å².